The van der Waals surface area contributed by atoms with Gasteiger partial charge in [0.2, 0.25) is 5.91 Å². The van der Waals surface area contributed by atoms with Crippen molar-refractivity contribution in [2.75, 3.05) is 18.1 Å². The number of amides is 2. The molecular weight excluding hydrogens is 428 g/mol. The van der Waals surface area contributed by atoms with E-state index in [1.54, 1.807) is 12.1 Å². The van der Waals surface area contributed by atoms with Crippen LogP contribution < -0.4 is 15.0 Å². The number of hydrogen-bond acceptors (Lipinski definition) is 4. The number of hydrogen-bond donors (Lipinski definition) is 1. The zero-order valence-electron chi connectivity index (χ0n) is 18.6. The zero-order valence-corrected chi connectivity index (χ0v) is 18.6. The molecule has 1 aromatic heterocycles. The van der Waals surface area contributed by atoms with E-state index < -0.39 is 0 Å². The van der Waals surface area contributed by atoms with Crippen LogP contribution in [0.3, 0.4) is 0 Å². The molecule has 1 N–H and O–H groups in total. The zero-order chi connectivity index (χ0) is 23.3. The van der Waals surface area contributed by atoms with Crippen molar-refractivity contribution in [3.63, 3.8) is 0 Å². The lowest BCUT2D eigenvalue weighted by molar-refractivity contribution is -0.125. The van der Waals surface area contributed by atoms with Gasteiger partial charge < -0.3 is 10.1 Å². The Morgan fingerprint density at radius 3 is 2.44 bits per heavy atom. The lowest BCUT2D eigenvalue weighted by Crippen LogP contribution is -2.45. The summed E-state index contributed by atoms with van der Waals surface area (Å²) in [6.45, 7) is 0.790. The van der Waals surface area contributed by atoms with Crippen molar-refractivity contribution < 1.29 is 14.3 Å². The van der Waals surface area contributed by atoms with Crippen molar-refractivity contribution in [3.8, 4) is 17.0 Å². The lowest BCUT2D eigenvalue weighted by atomic mass is 10.1. The van der Waals surface area contributed by atoms with Gasteiger partial charge in [-0.05, 0) is 17.7 Å². The summed E-state index contributed by atoms with van der Waals surface area (Å²) in [7, 11) is 0. The number of carbonyl (C=O) groups excluding carboxylic acids is 2. The minimum Gasteiger partial charge on any atom is -0.482 e. The Morgan fingerprint density at radius 1 is 0.941 bits per heavy atom. The van der Waals surface area contributed by atoms with Crippen LogP contribution in [0.5, 0.6) is 5.75 Å². The molecule has 0 aliphatic carbocycles. The van der Waals surface area contributed by atoms with Crippen molar-refractivity contribution >= 4 is 17.5 Å². The Balaban J connectivity index is 1.32. The second kappa shape index (κ2) is 9.62. The van der Waals surface area contributed by atoms with E-state index in [2.05, 4.69) is 17.4 Å². The summed E-state index contributed by atoms with van der Waals surface area (Å²) in [6.07, 6.45) is 1.96. The number of anilines is 1. The van der Waals surface area contributed by atoms with Crippen LogP contribution in [0.4, 0.5) is 5.69 Å². The molecule has 0 saturated heterocycles. The molecule has 7 heteroatoms. The summed E-state index contributed by atoms with van der Waals surface area (Å²) in [5.74, 6) is 0.109. The SMILES string of the molecule is O=C(CN1C(=O)COc2ccccc21)NCc1cn(Cc2ccccc2)nc1-c1ccccc1. The van der Waals surface area contributed by atoms with Gasteiger partial charge in [-0.3, -0.25) is 19.2 Å². The average molecular weight is 453 g/mol. The predicted molar refractivity (Wildman–Crippen MR) is 129 cm³/mol. The smallest absolute Gasteiger partial charge is 0.265 e. The molecule has 0 unspecified atom stereocenters. The van der Waals surface area contributed by atoms with Crippen molar-refractivity contribution in [1.82, 2.24) is 15.1 Å². The summed E-state index contributed by atoms with van der Waals surface area (Å²) in [5.41, 5.74) is 4.46. The van der Waals surface area contributed by atoms with Gasteiger partial charge in [0.05, 0.1) is 17.9 Å². The fraction of sp³-hybridized carbons (Fsp3) is 0.148. The van der Waals surface area contributed by atoms with Crippen molar-refractivity contribution in [2.45, 2.75) is 13.1 Å². The molecule has 0 bridgehead atoms. The van der Waals surface area contributed by atoms with Crippen LogP contribution in [0.2, 0.25) is 0 Å². The largest absolute Gasteiger partial charge is 0.482 e. The maximum Gasteiger partial charge on any atom is 0.265 e. The van der Waals surface area contributed by atoms with Gasteiger partial charge in [-0.15, -0.1) is 0 Å². The Bertz CT molecular complexity index is 1300. The predicted octanol–water partition coefficient (Wildman–Crippen LogP) is 3.64. The maximum absolute atomic E-state index is 12.8. The number of nitrogens with one attached hydrogen (secondary N) is 1. The summed E-state index contributed by atoms with van der Waals surface area (Å²) < 4.78 is 7.35. The molecule has 1 aliphatic heterocycles. The summed E-state index contributed by atoms with van der Waals surface area (Å²) >= 11 is 0. The number of para-hydroxylation sites is 2. The fourth-order valence-electron chi connectivity index (χ4n) is 4.00. The number of benzene rings is 3. The van der Waals surface area contributed by atoms with Gasteiger partial charge >= 0.3 is 0 Å². The van der Waals surface area contributed by atoms with E-state index in [4.69, 9.17) is 9.84 Å². The summed E-state index contributed by atoms with van der Waals surface area (Å²) in [4.78, 5) is 26.7. The topological polar surface area (TPSA) is 76.5 Å². The van der Waals surface area contributed by atoms with Gasteiger partial charge in [0.15, 0.2) is 6.61 Å². The van der Waals surface area contributed by atoms with Crippen molar-refractivity contribution in [3.05, 3.63) is 102 Å². The van der Waals surface area contributed by atoms with E-state index >= 15 is 0 Å². The summed E-state index contributed by atoms with van der Waals surface area (Å²) in [6, 6.07) is 27.2. The van der Waals surface area contributed by atoms with Crippen LogP contribution in [0.25, 0.3) is 11.3 Å². The Kier molecular flexibility index (Phi) is 6.07. The van der Waals surface area contributed by atoms with Crippen molar-refractivity contribution in [1.29, 1.82) is 0 Å². The van der Waals surface area contributed by atoms with Gasteiger partial charge in [0, 0.05) is 23.9 Å². The molecule has 0 saturated carbocycles. The van der Waals surface area contributed by atoms with Crippen LogP contribution in [0.1, 0.15) is 11.1 Å². The third-order valence-corrected chi connectivity index (χ3v) is 5.66. The molecule has 0 fully saturated rings. The second-order valence-electron chi connectivity index (χ2n) is 8.07. The van der Waals surface area contributed by atoms with Gasteiger partial charge in [-0.1, -0.05) is 72.8 Å². The van der Waals surface area contributed by atoms with E-state index in [0.717, 1.165) is 22.4 Å². The second-order valence-corrected chi connectivity index (χ2v) is 8.07. The Hall–Kier alpha value is -4.39. The molecule has 2 amide bonds. The number of nitrogens with zero attached hydrogens (tertiary/aromatic N) is 3. The highest BCUT2D eigenvalue weighted by molar-refractivity contribution is 6.02. The molecule has 4 aromatic rings. The highest BCUT2D eigenvalue weighted by Crippen LogP contribution is 2.31. The first-order valence-electron chi connectivity index (χ1n) is 11.1. The van der Waals surface area contributed by atoms with E-state index in [1.165, 1.54) is 4.90 Å². The van der Waals surface area contributed by atoms with E-state index in [9.17, 15) is 9.59 Å². The molecule has 0 radical (unpaired) electrons. The Labute approximate surface area is 197 Å². The molecule has 0 atom stereocenters. The van der Waals surface area contributed by atoms with Crippen molar-refractivity contribution in [2.24, 2.45) is 0 Å². The molecule has 34 heavy (non-hydrogen) atoms. The normalized spacial score (nSPS) is 12.7. The molecule has 7 nitrogen and oxygen atoms in total. The van der Waals surface area contributed by atoms with Crippen LogP contribution in [0.15, 0.2) is 91.1 Å². The number of rotatable bonds is 7. The molecule has 170 valence electrons. The fourth-order valence-corrected chi connectivity index (χ4v) is 4.00. The lowest BCUT2D eigenvalue weighted by Gasteiger charge is -2.28. The van der Waals surface area contributed by atoms with Crippen LogP contribution >= 0.6 is 0 Å². The number of fused-ring (bicyclic) bond motifs is 1. The van der Waals surface area contributed by atoms with E-state index in [1.807, 2.05) is 71.5 Å². The first kappa shape index (κ1) is 21.5. The third-order valence-electron chi connectivity index (χ3n) is 5.66. The third kappa shape index (κ3) is 4.68. The van der Waals surface area contributed by atoms with Crippen LogP contribution in [-0.2, 0) is 22.7 Å². The van der Waals surface area contributed by atoms with E-state index in [0.29, 0.717) is 24.5 Å². The van der Waals surface area contributed by atoms with Gasteiger partial charge in [0.1, 0.15) is 12.3 Å². The standard InChI is InChI=1S/C27H24N4O3/c32-25(18-31-23-13-7-8-14-24(23)34-19-26(31)33)28-15-22-17-30(16-20-9-3-1-4-10-20)29-27(22)21-11-5-2-6-12-21/h1-14,17H,15-16,18-19H2,(H,28,32). The Morgan fingerprint density at radius 2 is 1.65 bits per heavy atom. The molecule has 3 aromatic carbocycles. The molecule has 2 heterocycles. The molecular formula is C27H24N4O3. The van der Waals surface area contributed by atoms with Gasteiger partial charge in [-0.2, -0.15) is 5.10 Å². The molecule has 5 rings (SSSR count). The quantitative estimate of drug-likeness (QED) is 0.465. The highest BCUT2D eigenvalue weighted by Gasteiger charge is 2.27. The minimum atomic E-state index is -0.250. The first-order valence-corrected chi connectivity index (χ1v) is 11.1. The molecule has 0 spiro atoms. The minimum absolute atomic E-state index is 0.0714. The summed E-state index contributed by atoms with van der Waals surface area (Å²) in [5, 5.41) is 7.75. The maximum atomic E-state index is 12.8. The average Bonchev–Trinajstić information content (AvgIpc) is 3.28. The first-order chi connectivity index (χ1) is 16.7. The number of ether oxygens (including phenoxy) is 1. The van der Waals surface area contributed by atoms with E-state index in [-0.39, 0.29) is 25.0 Å². The van der Waals surface area contributed by atoms with Gasteiger partial charge in [-0.25, -0.2) is 0 Å². The number of aromatic nitrogens is 2. The monoisotopic (exact) mass is 452 g/mol. The van der Waals surface area contributed by atoms with Crippen LogP contribution in [0, 0.1) is 0 Å². The highest BCUT2D eigenvalue weighted by atomic mass is 16.5. The van der Waals surface area contributed by atoms with Gasteiger partial charge in [0.25, 0.3) is 5.91 Å². The number of carbonyl (C=O) groups is 2. The van der Waals surface area contributed by atoms with Crippen LogP contribution in [-0.4, -0.2) is 34.7 Å². The molecule has 1 aliphatic rings.